The molecule has 1 saturated carbocycles. The van der Waals surface area contributed by atoms with Crippen LogP contribution in [0.15, 0.2) is 47.4 Å². The Morgan fingerprint density at radius 3 is 2.28 bits per heavy atom. The minimum atomic E-state index is -4.04. The Kier molecular flexibility index (Phi) is 7.04. The molecule has 1 amide bonds. The number of carbonyl (C=O) groups excluding carboxylic acids is 1. The highest BCUT2D eigenvalue weighted by atomic mass is 32.2. The zero-order chi connectivity index (χ0) is 28.2. The number of piperidine rings is 1. The van der Waals surface area contributed by atoms with Gasteiger partial charge < -0.3 is 4.90 Å². The van der Waals surface area contributed by atoms with Crippen molar-refractivity contribution in [1.29, 1.82) is 0 Å². The molecule has 2 heterocycles. The standard InChI is InChI=1S/C27H33F2N3O5S2/c1-19-8-10-26(11-9-19)18-32(24-7-6-21(17-23(24)26)30-38(2,34)35)25(33)20-4-3-5-22(16-20)39(36,37)31-14-12-27(28,29)13-15-31/h3-7,16-17,19,30H,8-15,18H2,1-2H3/t19-,26-. The molecule has 1 saturated heterocycles. The number of rotatable bonds is 5. The number of alkyl halides is 2. The van der Waals surface area contributed by atoms with Gasteiger partial charge in [-0.2, -0.15) is 4.31 Å². The second-order valence-electron chi connectivity index (χ2n) is 11.2. The van der Waals surface area contributed by atoms with Crippen LogP contribution in [-0.4, -0.2) is 58.9 Å². The summed E-state index contributed by atoms with van der Waals surface area (Å²) in [4.78, 5) is 15.4. The van der Waals surface area contributed by atoms with E-state index in [2.05, 4.69) is 11.6 Å². The van der Waals surface area contributed by atoms with Gasteiger partial charge in [0.2, 0.25) is 20.0 Å². The monoisotopic (exact) mass is 581 g/mol. The molecule has 0 unspecified atom stereocenters. The molecule has 2 aromatic carbocycles. The maximum Gasteiger partial charge on any atom is 0.258 e. The van der Waals surface area contributed by atoms with E-state index in [1.165, 1.54) is 18.2 Å². The summed E-state index contributed by atoms with van der Waals surface area (Å²) in [5.74, 6) is -2.69. The van der Waals surface area contributed by atoms with Crippen LogP contribution in [0.1, 0.15) is 61.4 Å². The highest BCUT2D eigenvalue weighted by molar-refractivity contribution is 7.92. The fraction of sp³-hybridized carbons (Fsp3) is 0.519. The van der Waals surface area contributed by atoms with E-state index in [0.717, 1.165) is 41.8 Å². The Balaban J connectivity index is 1.47. The fourth-order valence-corrected chi connectivity index (χ4v) is 8.06. The molecular weight excluding hydrogens is 548 g/mol. The number of halogens is 2. The molecule has 212 valence electrons. The Morgan fingerprint density at radius 2 is 1.64 bits per heavy atom. The third-order valence-corrected chi connectivity index (χ3v) is 10.8. The van der Waals surface area contributed by atoms with Gasteiger partial charge in [0.05, 0.1) is 11.2 Å². The lowest BCUT2D eigenvalue weighted by Gasteiger charge is -2.37. The number of anilines is 2. The van der Waals surface area contributed by atoms with E-state index < -0.39 is 38.8 Å². The van der Waals surface area contributed by atoms with Crippen molar-refractivity contribution in [2.75, 3.05) is 35.5 Å². The molecule has 8 nitrogen and oxygen atoms in total. The van der Waals surface area contributed by atoms with Crippen LogP contribution in [-0.2, 0) is 25.5 Å². The molecule has 39 heavy (non-hydrogen) atoms. The molecule has 12 heteroatoms. The summed E-state index contributed by atoms with van der Waals surface area (Å²) in [6, 6.07) is 10.9. The van der Waals surface area contributed by atoms with Gasteiger partial charge in [-0.25, -0.2) is 25.6 Å². The summed E-state index contributed by atoms with van der Waals surface area (Å²) in [7, 11) is -7.53. The molecule has 0 atom stereocenters. The fourth-order valence-electron chi connectivity index (χ4n) is 6.02. The van der Waals surface area contributed by atoms with Gasteiger partial charge in [0.1, 0.15) is 0 Å². The van der Waals surface area contributed by atoms with Crippen molar-refractivity contribution < 1.29 is 30.4 Å². The molecule has 2 fully saturated rings. The maximum absolute atomic E-state index is 13.9. The molecule has 0 bridgehead atoms. The number of hydrogen-bond acceptors (Lipinski definition) is 5. The minimum absolute atomic E-state index is 0.105. The van der Waals surface area contributed by atoms with Crippen LogP contribution >= 0.6 is 0 Å². The van der Waals surface area contributed by atoms with Gasteiger partial charge in [0.15, 0.2) is 0 Å². The average molecular weight is 582 g/mol. The van der Waals surface area contributed by atoms with Crippen molar-refractivity contribution in [3.63, 3.8) is 0 Å². The molecular formula is C27H33F2N3O5S2. The highest BCUT2D eigenvalue weighted by Gasteiger charge is 2.46. The van der Waals surface area contributed by atoms with Crippen molar-refractivity contribution in [2.24, 2.45) is 5.92 Å². The number of sulfonamides is 2. The van der Waals surface area contributed by atoms with Gasteiger partial charge in [0, 0.05) is 54.8 Å². The largest absolute Gasteiger partial charge is 0.307 e. The second-order valence-corrected chi connectivity index (χ2v) is 14.9. The summed E-state index contributed by atoms with van der Waals surface area (Å²) in [6.07, 6.45) is 3.67. The third kappa shape index (κ3) is 5.55. The Bertz CT molecular complexity index is 1490. The van der Waals surface area contributed by atoms with E-state index in [-0.39, 0.29) is 34.9 Å². The van der Waals surface area contributed by atoms with Crippen LogP contribution < -0.4 is 9.62 Å². The minimum Gasteiger partial charge on any atom is -0.307 e. The van der Waals surface area contributed by atoms with Crippen molar-refractivity contribution in [1.82, 2.24) is 4.31 Å². The molecule has 1 aliphatic carbocycles. The predicted octanol–water partition coefficient (Wildman–Crippen LogP) is 4.59. The molecule has 2 aromatic rings. The first-order chi connectivity index (χ1) is 18.2. The van der Waals surface area contributed by atoms with Crippen molar-refractivity contribution >= 4 is 37.3 Å². The van der Waals surface area contributed by atoms with E-state index in [1.54, 1.807) is 23.1 Å². The van der Waals surface area contributed by atoms with Crippen LogP contribution in [0.3, 0.4) is 0 Å². The third-order valence-electron chi connectivity index (χ3n) is 8.27. The lowest BCUT2D eigenvalue weighted by molar-refractivity contribution is -0.0412. The highest BCUT2D eigenvalue weighted by Crippen LogP contribution is 2.51. The SMILES string of the molecule is CS(=O)(=O)Nc1ccc2c(c1)[C@]1(CC[C@H](C)CC1)CN2C(=O)c1cccc(S(=O)(=O)N2CCC(F)(F)CC2)c1. The number of amides is 1. The van der Waals surface area contributed by atoms with Gasteiger partial charge in [-0.3, -0.25) is 9.52 Å². The first-order valence-corrected chi connectivity index (χ1v) is 16.4. The number of nitrogens with zero attached hydrogens (tertiary/aromatic N) is 2. The van der Waals surface area contributed by atoms with E-state index in [4.69, 9.17) is 0 Å². The Labute approximate surface area is 228 Å². The summed E-state index contributed by atoms with van der Waals surface area (Å²) in [5, 5.41) is 0. The lowest BCUT2D eigenvalue weighted by Crippen LogP contribution is -2.42. The molecule has 0 aromatic heterocycles. The maximum atomic E-state index is 13.9. The quantitative estimate of drug-likeness (QED) is 0.557. The topological polar surface area (TPSA) is 104 Å². The van der Waals surface area contributed by atoms with E-state index >= 15 is 0 Å². The molecule has 3 aliphatic rings. The van der Waals surface area contributed by atoms with Crippen LogP contribution in [0.2, 0.25) is 0 Å². The first kappa shape index (κ1) is 28.0. The van der Waals surface area contributed by atoms with Crippen LogP contribution in [0.4, 0.5) is 20.2 Å². The van der Waals surface area contributed by atoms with E-state index in [1.807, 2.05) is 6.07 Å². The Hall–Kier alpha value is -2.57. The van der Waals surface area contributed by atoms with Gasteiger partial charge in [-0.15, -0.1) is 0 Å². The number of nitrogens with one attached hydrogen (secondary N) is 1. The second kappa shape index (κ2) is 9.81. The molecule has 1 N–H and O–H groups in total. The smallest absolute Gasteiger partial charge is 0.258 e. The van der Waals surface area contributed by atoms with Crippen molar-refractivity contribution in [3.05, 3.63) is 53.6 Å². The zero-order valence-electron chi connectivity index (χ0n) is 22.0. The van der Waals surface area contributed by atoms with E-state index in [9.17, 15) is 30.4 Å². The average Bonchev–Trinajstić information content (AvgIpc) is 3.17. The summed E-state index contributed by atoms with van der Waals surface area (Å²) < 4.78 is 80.9. The number of benzene rings is 2. The zero-order valence-corrected chi connectivity index (χ0v) is 23.6. The predicted molar refractivity (Wildman–Crippen MR) is 145 cm³/mol. The number of hydrogen-bond donors (Lipinski definition) is 1. The van der Waals surface area contributed by atoms with E-state index in [0.29, 0.717) is 23.8 Å². The van der Waals surface area contributed by atoms with Crippen LogP contribution in [0.5, 0.6) is 0 Å². The summed E-state index contributed by atoms with van der Waals surface area (Å²) >= 11 is 0. The van der Waals surface area contributed by atoms with Crippen molar-refractivity contribution in [3.8, 4) is 0 Å². The number of fused-ring (bicyclic) bond motifs is 2. The summed E-state index contributed by atoms with van der Waals surface area (Å²) in [5.41, 5.74) is 1.89. The first-order valence-electron chi connectivity index (χ1n) is 13.1. The number of carbonyl (C=O) groups is 1. The Morgan fingerprint density at radius 1 is 0.974 bits per heavy atom. The normalized spacial score (nSPS) is 25.4. The lowest BCUT2D eigenvalue weighted by atomic mass is 9.68. The van der Waals surface area contributed by atoms with Crippen LogP contribution in [0.25, 0.3) is 0 Å². The molecule has 2 aliphatic heterocycles. The van der Waals surface area contributed by atoms with Gasteiger partial charge >= 0.3 is 0 Å². The van der Waals surface area contributed by atoms with Gasteiger partial charge in [0.25, 0.3) is 11.8 Å². The van der Waals surface area contributed by atoms with Crippen molar-refractivity contribution in [2.45, 2.75) is 61.7 Å². The molecule has 0 radical (unpaired) electrons. The molecule has 5 rings (SSSR count). The van der Waals surface area contributed by atoms with Gasteiger partial charge in [-0.1, -0.05) is 13.0 Å². The van der Waals surface area contributed by atoms with Crippen LogP contribution in [0, 0.1) is 5.92 Å². The molecule has 1 spiro atoms. The summed E-state index contributed by atoms with van der Waals surface area (Å²) in [6.45, 7) is 2.05. The van der Waals surface area contributed by atoms with Gasteiger partial charge in [-0.05, 0) is 73.6 Å².